The maximum Gasteiger partial charge on any atom is 0.306 e. The van der Waals surface area contributed by atoms with Crippen LogP contribution in [0.2, 0.25) is 0 Å². The average molecular weight is 332 g/mol. The van der Waals surface area contributed by atoms with Crippen molar-refractivity contribution in [2.24, 2.45) is 0 Å². The Morgan fingerprint density at radius 2 is 1.57 bits per heavy atom. The van der Waals surface area contributed by atoms with Gasteiger partial charge in [-0.2, -0.15) is 0 Å². The molecule has 0 saturated carbocycles. The Bertz CT molecular complexity index is 322. The lowest BCUT2D eigenvalue weighted by atomic mass is 10.1. The largest absolute Gasteiger partial charge is 0.457 e. The van der Waals surface area contributed by atoms with Crippen molar-refractivity contribution in [1.82, 2.24) is 0 Å². The summed E-state index contributed by atoms with van der Waals surface area (Å²) in [7, 11) is 0. The topological polar surface area (TPSA) is 96.2 Å². The molecule has 0 bridgehead atoms. The maximum absolute atomic E-state index is 11.8. The van der Waals surface area contributed by atoms with Crippen LogP contribution in [0.3, 0.4) is 0 Å². The van der Waals surface area contributed by atoms with Gasteiger partial charge in [-0.05, 0) is 6.42 Å². The molecule has 136 valence electrons. The maximum atomic E-state index is 11.8. The normalized spacial score (nSPS) is 28.3. The molecule has 1 aliphatic rings. The molecule has 0 amide bonds. The van der Waals surface area contributed by atoms with Crippen molar-refractivity contribution in [3.8, 4) is 0 Å². The number of rotatable bonds is 10. The highest BCUT2D eigenvalue weighted by molar-refractivity contribution is 5.69. The van der Waals surface area contributed by atoms with E-state index in [4.69, 9.17) is 9.47 Å². The van der Waals surface area contributed by atoms with Crippen molar-refractivity contribution in [2.45, 2.75) is 89.1 Å². The van der Waals surface area contributed by atoms with Gasteiger partial charge >= 0.3 is 5.97 Å². The minimum atomic E-state index is -1.36. The van der Waals surface area contributed by atoms with Gasteiger partial charge in [-0.15, -0.1) is 0 Å². The lowest BCUT2D eigenvalue weighted by Crippen LogP contribution is -2.45. The summed E-state index contributed by atoms with van der Waals surface area (Å²) in [4.78, 5) is 11.8. The standard InChI is InChI=1S/C17H32O6/c1-2-3-4-5-6-7-8-9-10-15(19)23-14-12-22-11-13(18)16(20)17(14)21/h13-14,16-18,20-21H,2-12H2,1H3/t13-,14-,16-,17-/m1/s1. The summed E-state index contributed by atoms with van der Waals surface area (Å²) in [6.45, 7) is 2.10. The van der Waals surface area contributed by atoms with Gasteiger partial charge in [0.15, 0.2) is 6.10 Å². The highest BCUT2D eigenvalue weighted by Crippen LogP contribution is 2.15. The molecule has 6 nitrogen and oxygen atoms in total. The van der Waals surface area contributed by atoms with Crippen LogP contribution in [0.4, 0.5) is 0 Å². The van der Waals surface area contributed by atoms with Gasteiger partial charge in [-0.25, -0.2) is 0 Å². The second kappa shape index (κ2) is 11.8. The third-order valence-electron chi connectivity index (χ3n) is 4.21. The van der Waals surface area contributed by atoms with Crippen molar-refractivity contribution in [3.63, 3.8) is 0 Å². The van der Waals surface area contributed by atoms with E-state index in [9.17, 15) is 20.1 Å². The molecule has 0 aromatic heterocycles. The minimum absolute atomic E-state index is 0.0154. The van der Waals surface area contributed by atoms with Crippen molar-refractivity contribution < 1.29 is 29.6 Å². The Labute approximate surface area is 138 Å². The van der Waals surface area contributed by atoms with Crippen molar-refractivity contribution >= 4 is 5.97 Å². The number of ether oxygens (including phenoxy) is 2. The first-order valence-corrected chi connectivity index (χ1v) is 8.87. The van der Waals surface area contributed by atoms with Gasteiger partial charge in [0.1, 0.15) is 18.3 Å². The highest BCUT2D eigenvalue weighted by atomic mass is 16.6. The molecule has 0 radical (unpaired) electrons. The molecule has 4 atom stereocenters. The summed E-state index contributed by atoms with van der Waals surface area (Å²) in [5.74, 6) is -0.396. The Morgan fingerprint density at radius 3 is 2.22 bits per heavy atom. The van der Waals surface area contributed by atoms with Gasteiger partial charge in [0.25, 0.3) is 0 Å². The zero-order valence-electron chi connectivity index (χ0n) is 14.2. The Morgan fingerprint density at radius 1 is 0.957 bits per heavy atom. The fraction of sp³-hybridized carbons (Fsp3) is 0.941. The lowest BCUT2D eigenvalue weighted by molar-refractivity contribution is -0.163. The fourth-order valence-corrected chi connectivity index (χ4v) is 2.68. The van der Waals surface area contributed by atoms with E-state index in [0.717, 1.165) is 19.3 Å². The Balaban J connectivity index is 2.13. The molecule has 6 heteroatoms. The molecule has 23 heavy (non-hydrogen) atoms. The number of hydrogen-bond donors (Lipinski definition) is 3. The van der Waals surface area contributed by atoms with Crippen LogP contribution in [-0.4, -0.2) is 58.9 Å². The molecule has 1 heterocycles. The van der Waals surface area contributed by atoms with Crippen molar-refractivity contribution in [3.05, 3.63) is 0 Å². The van der Waals surface area contributed by atoms with E-state index in [1.54, 1.807) is 0 Å². The molecular formula is C17H32O6. The number of unbranched alkanes of at least 4 members (excludes halogenated alkanes) is 7. The molecule has 1 rings (SSSR count). The van der Waals surface area contributed by atoms with Gasteiger partial charge in [0, 0.05) is 6.42 Å². The molecular weight excluding hydrogens is 300 g/mol. The summed E-state index contributed by atoms with van der Waals surface area (Å²) in [5, 5.41) is 29.0. The van der Waals surface area contributed by atoms with Gasteiger partial charge in [0.05, 0.1) is 13.2 Å². The van der Waals surface area contributed by atoms with Crippen LogP contribution >= 0.6 is 0 Å². The second-order valence-corrected chi connectivity index (χ2v) is 6.34. The lowest BCUT2D eigenvalue weighted by Gasteiger charge is -2.24. The summed E-state index contributed by atoms with van der Waals surface area (Å²) in [6.07, 6.45) is 4.68. The first-order chi connectivity index (χ1) is 11.1. The van der Waals surface area contributed by atoms with Gasteiger partial charge in [0.2, 0.25) is 0 Å². The van der Waals surface area contributed by atoms with Crippen LogP contribution in [0.1, 0.15) is 64.7 Å². The van der Waals surface area contributed by atoms with Crippen LogP contribution in [0.15, 0.2) is 0 Å². The summed E-state index contributed by atoms with van der Waals surface area (Å²) < 4.78 is 10.3. The average Bonchev–Trinajstić information content (AvgIpc) is 2.64. The zero-order chi connectivity index (χ0) is 17.1. The van der Waals surface area contributed by atoms with Crippen LogP contribution in [-0.2, 0) is 14.3 Å². The quantitative estimate of drug-likeness (QED) is 0.415. The SMILES string of the molecule is CCCCCCCCCCC(=O)O[C@@H]1COC[C@@H](O)[C@@H](O)[C@@H]1O. The van der Waals surface area contributed by atoms with E-state index >= 15 is 0 Å². The molecule has 0 aromatic rings. The van der Waals surface area contributed by atoms with E-state index in [2.05, 4.69) is 6.92 Å². The molecule has 1 saturated heterocycles. The van der Waals surface area contributed by atoms with Gasteiger partial charge < -0.3 is 24.8 Å². The van der Waals surface area contributed by atoms with E-state index in [0.29, 0.717) is 6.42 Å². The summed E-state index contributed by atoms with van der Waals surface area (Å²) >= 11 is 0. The summed E-state index contributed by atoms with van der Waals surface area (Å²) in [5.41, 5.74) is 0. The molecule has 0 aliphatic carbocycles. The van der Waals surface area contributed by atoms with Gasteiger partial charge in [-0.3, -0.25) is 4.79 Å². The molecule has 1 fully saturated rings. The van der Waals surface area contributed by atoms with Gasteiger partial charge in [-0.1, -0.05) is 51.9 Å². The summed E-state index contributed by atoms with van der Waals surface area (Å²) in [6, 6.07) is 0. The molecule has 1 aliphatic heterocycles. The number of aliphatic hydroxyl groups is 3. The third kappa shape index (κ3) is 8.11. The van der Waals surface area contributed by atoms with E-state index < -0.39 is 30.4 Å². The smallest absolute Gasteiger partial charge is 0.306 e. The predicted octanol–water partition coefficient (Wildman–Crippen LogP) is 1.54. The Kier molecular flexibility index (Phi) is 10.4. The van der Waals surface area contributed by atoms with Crippen LogP contribution in [0.5, 0.6) is 0 Å². The van der Waals surface area contributed by atoms with E-state index in [1.807, 2.05) is 0 Å². The van der Waals surface area contributed by atoms with Crippen LogP contribution in [0, 0.1) is 0 Å². The fourth-order valence-electron chi connectivity index (χ4n) is 2.68. The highest BCUT2D eigenvalue weighted by Gasteiger charge is 2.36. The molecule has 0 spiro atoms. The predicted molar refractivity (Wildman–Crippen MR) is 85.9 cm³/mol. The molecule has 0 aromatic carbocycles. The van der Waals surface area contributed by atoms with Crippen LogP contribution in [0.25, 0.3) is 0 Å². The second-order valence-electron chi connectivity index (χ2n) is 6.34. The first kappa shape index (κ1) is 20.4. The zero-order valence-corrected chi connectivity index (χ0v) is 14.2. The number of carbonyl (C=O) groups is 1. The number of carbonyl (C=O) groups excluding carboxylic acids is 1. The van der Waals surface area contributed by atoms with Crippen molar-refractivity contribution in [1.29, 1.82) is 0 Å². The van der Waals surface area contributed by atoms with E-state index in [1.165, 1.54) is 32.1 Å². The number of aliphatic hydroxyl groups excluding tert-OH is 3. The van der Waals surface area contributed by atoms with E-state index in [-0.39, 0.29) is 13.2 Å². The van der Waals surface area contributed by atoms with Crippen molar-refractivity contribution in [2.75, 3.05) is 13.2 Å². The Hall–Kier alpha value is -0.690. The monoisotopic (exact) mass is 332 g/mol. The molecule has 0 unspecified atom stereocenters. The van der Waals surface area contributed by atoms with Crippen LogP contribution < -0.4 is 0 Å². The molecule has 3 N–H and O–H groups in total. The minimum Gasteiger partial charge on any atom is -0.457 e. The number of hydrogen-bond acceptors (Lipinski definition) is 6. The first-order valence-electron chi connectivity index (χ1n) is 8.87. The number of esters is 1. The third-order valence-corrected chi connectivity index (χ3v) is 4.21.